The van der Waals surface area contributed by atoms with Crippen molar-refractivity contribution in [3.63, 3.8) is 0 Å². The van der Waals surface area contributed by atoms with Crippen molar-refractivity contribution in [3.05, 3.63) is 5.92 Å². The standard InChI is InChI=1S/C13H24N/c1-3-5-6-7-8-9-11-13(12-14)10-4-2/h3-11H2,1-2H3. The molecule has 0 aliphatic heterocycles. The monoisotopic (exact) mass is 194 g/mol. The third kappa shape index (κ3) is 8.10. The van der Waals surface area contributed by atoms with Crippen molar-refractivity contribution >= 4 is 0 Å². The van der Waals surface area contributed by atoms with Crippen molar-refractivity contribution in [2.75, 3.05) is 0 Å². The highest BCUT2D eigenvalue weighted by molar-refractivity contribution is 5.09. The molecule has 0 bridgehead atoms. The number of unbranched alkanes of at least 4 members (excludes halogenated alkanes) is 5. The maximum absolute atomic E-state index is 8.81. The zero-order valence-electron chi connectivity index (χ0n) is 9.81. The van der Waals surface area contributed by atoms with Gasteiger partial charge in [-0.2, -0.15) is 5.26 Å². The molecular weight excluding hydrogens is 170 g/mol. The van der Waals surface area contributed by atoms with Crippen LogP contribution in [0.5, 0.6) is 0 Å². The third-order valence-electron chi connectivity index (χ3n) is 2.54. The Morgan fingerprint density at radius 3 is 2.07 bits per heavy atom. The Morgan fingerprint density at radius 1 is 0.857 bits per heavy atom. The molecule has 0 amide bonds. The lowest BCUT2D eigenvalue weighted by Crippen LogP contribution is -1.93. The fraction of sp³-hybridized carbons (Fsp3) is 0.846. The largest absolute Gasteiger partial charge is 0.198 e. The average molecular weight is 194 g/mol. The van der Waals surface area contributed by atoms with E-state index in [0.29, 0.717) is 0 Å². The Hall–Kier alpha value is -0.510. The van der Waals surface area contributed by atoms with E-state index >= 15 is 0 Å². The summed E-state index contributed by atoms with van der Waals surface area (Å²) in [5.74, 6) is 1.10. The van der Waals surface area contributed by atoms with Gasteiger partial charge in [-0.05, 0) is 12.8 Å². The van der Waals surface area contributed by atoms with E-state index in [2.05, 4.69) is 19.9 Å². The summed E-state index contributed by atoms with van der Waals surface area (Å²) in [5, 5.41) is 8.81. The van der Waals surface area contributed by atoms with Crippen LogP contribution in [0.2, 0.25) is 0 Å². The average Bonchev–Trinajstić information content (AvgIpc) is 2.21. The quantitative estimate of drug-likeness (QED) is 0.491. The van der Waals surface area contributed by atoms with Gasteiger partial charge in [0.15, 0.2) is 0 Å². The van der Waals surface area contributed by atoms with Crippen LogP contribution >= 0.6 is 0 Å². The minimum Gasteiger partial charge on any atom is -0.198 e. The van der Waals surface area contributed by atoms with E-state index in [1.165, 1.54) is 38.5 Å². The molecular formula is C13H24N. The van der Waals surface area contributed by atoms with Gasteiger partial charge in [-0.3, -0.25) is 0 Å². The molecule has 0 aromatic rings. The van der Waals surface area contributed by atoms with Gasteiger partial charge in [-0.1, -0.05) is 58.8 Å². The third-order valence-corrected chi connectivity index (χ3v) is 2.54. The summed E-state index contributed by atoms with van der Waals surface area (Å²) in [6, 6.07) is 2.32. The van der Waals surface area contributed by atoms with Crippen LogP contribution in [0.4, 0.5) is 0 Å². The molecule has 1 radical (unpaired) electrons. The number of hydrogen-bond acceptors (Lipinski definition) is 1. The molecule has 0 rings (SSSR count). The van der Waals surface area contributed by atoms with Gasteiger partial charge in [0.25, 0.3) is 0 Å². The zero-order chi connectivity index (χ0) is 10.6. The molecule has 14 heavy (non-hydrogen) atoms. The molecule has 0 aliphatic rings. The molecule has 0 spiro atoms. The molecule has 0 heterocycles. The van der Waals surface area contributed by atoms with Gasteiger partial charge in [0.2, 0.25) is 0 Å². The molecule has 1 heteroatoms. The first-order valence-electron chi connectivity index (χ1n) is 6.09. The smallest absolute Gasteiger partial charge is 0.0759 e. The van der Waals surface area contributed by atoms with Crippen LogP contribution in [0, 0.1) is 17.2 Å². The van der Waals surface area contributed by atoms with E-state index in [-0.39, 0.29) is 0 Å². The highest BCUT2D eigenvalue weighted by Gasteiger charge is 2.05. The SMILES string of the molecule is CCCCCCCC[C](C#N)CCC. The van der Waals surface area contributed by atoms with Gasteiger partial charge in [0, 0.05) is 0 Å². The molecule has 0 unspecified atom stereocenters. The Labute approximate surface area is 89.5 Å². The van der Waals surface area contributed by atoms with Crippen molar-refractivity contribution in [1.29, 1.82) is 5.26 Å². The molecule has 0 saturated carbocycles. The summed E-state index contributed by atoms with van der Waals surface area (Å²) in [6.45, 7) is 4.38. The minimum absolute atomic E-state index is 1.01. The maximum atomic E-state index is 8.81. The van der Waals surface area contributed by atoms with Gasteiger partial charge >= 0.3 is 0 Å². The van der Waals surface area contributed by atoms with Crippen LogP contribution in [0.25, 0.3) is 0 Å². The molecule has 0 atom stereocenters. The number of nitriles is 1. The van der Waals surface area contributed by atoms with Crippen molar-refractivity contribution in [1.82, 2.24) is 0 Å². The Kier molecular flexibility index (Phi) is 10.2. The lowest BCUT2D eigenvalue weighted by Gasteiger charge is -2.05. The minimum atomic E-state index is 1.01. The van der Waals surface area contributed by atoms with Crippen molar-refractivity contribution < 1.29 is 0 Å². The van der Waals surface area contributed by atoms with Gasteiger partial charge in [-0.25, -0.2) is 0 Å². The highest BCUT2D eigenvalue weighted by Crippen LogP contribution is 2.17. The molecule has 0 aromatic heterocycles. The van der Waals surface area contributed by atoms with Crippen LogP contribution in [0.3, 0.4) is 0 Å². The second-order valence-corrected chi connectivity index (χ2v) is 3.98. The number of nitrogens with zero attached hydrogens (tertiary/aromatic N) is 1. The van der Waals surface area contributed by atoms with E-state index in [1.54, 1.807) is 0 Å². The van der Waals surface area contributed by atoms with E-state index in [0.717, 1.165) is 25.2 Å². The van der Waals surface area contributed by atoms with E-state index < -0.39 is 0 Å². The zero-order valence-corrected chi connectivity index (χ0v) is 9.81. The Morgan fingerprint density at radius 2 is 1.50 bits per heavy atom. The van der Waals surface area contributed by atoms with Crippen molar-refractivity contribution in [2.24, 2.45) is 0 Å². The molecule has 0 aromatic carbocycles. The van der Waals surface area contributed by atoms with Gasteiger partial charge in [0.1, 0.15) is 0 Å². The van der Waals surface area contributed by atoms with Crippen molar-refractivity contribution in [2.45, 2.75) is 71.6 Å². The molecule has 1 nitrogen and oxygen atoms in total. The van der Waals surface area contributed by atoms with E-state index in [4.69, 9.17) is 5.26 Å². The summed E-state index contributed by atoms with van der Waals surface area (Å²) >= 11 is 0. The van der Waals surface area contributed by atoms with E-state index in [1.807, 2.05) is 0 Å². The topological polar surface area (TPSA) is 23.8 Å². The maximum Gasteiger partial charge on any atom is 0.0759 e. The first-order valence-corrected chi connectivity index (χ1v) is 6.09. The fourth-order valence-corrected chi connectivity index (χ4v) is 1.66. The van der Waals surface area contributed by atoms with Gasteiger partial charge < -0.3 is 0 Å². The predicted molar refractivity (Wildman–Crippen MR) is 61.8 cm³/mol. The number of rotatable bonds is 9. The first kappa shape index (κ1) is 13.5. The highest BCUT2D eigenvalue weighted by atomic mass is 14.3. The van der Waals surface area contributed by atoms with E-state index in [9.17, 15) is 0 Å². The summed E-state index contributed by atoms with van der Waals surface area (Å²) in [4.78, 5) is 0. The summed E-state index contributed by atoms with van der Waals surface area (Å²) < 4.78 is 0. The summed E-state index contributed by atoms with van der Waals surface area (Å²) in [5.41, 5.74) is 0. The van der Waals surface area contributed by atoms with Crippen LogP contribution in [-0.2, 0) is 0 Å². The van der Waals surface area contributed by atoms with Gasteiger partial charge in [0.05, 0.1) is 12.0 Å². The fourth-order valence-electron chi connectivity index (χ4n) is 1.66. The summed E-state index contributed by atoms with van der Waals surface area (Å²) in [6.07, 6.45) is 11.1. The predicted octanol–water partition coefficient (Wildman–Crippen LogP) is 4.64. The van der Waals surface area contributed by atoms with Crippen molar-refractivity contribution in [3.8, 4) is 6.07 Å². The summed E-state index contributed by atoms with van der Waals surface area (Å²) in [7, 11) is 0. The molecule has 0 N–H and O–H groups in total. The van der Waals surface area contributed by atoms with Crippen LogP contribution in [-0.4, -0.2) is 0 Å². The second kappa shape index (κ2) is 10.6. The Bertz CT molecular complexity index is 146. The van der Waals surface area contributed by atoms with Crippen LogP contribution in [0.15, 0.2) is 0 Å². The van der Waals surface area contributed by atoms with Crippen LogP contribution < -0.4 is 0 Å². The number of hydrogen-bond donors (Lipinski definition) is 0. The first-order chi connectivity index (χ1) is 6.85. The molecule has 0 aliphatic carbocycles. The van der Waals surface area contributed by atoms with Crippen LogP contribution in [0.1, 0.15) is 71.6 Å². The lowest BCUT2D eigenvalue weighted by molar-refractivity contribution is 0.589. The second-order valence-electron chi connectivity index (χ2n) is 3.98. The Balaban J connectivity index is 3.21. The molecule has 0 fully saturated rings. The normalized spacial score (nSPS) is 10.4. The van der Waals surface area contributed by atoms with Gasteiger partial charge in [-0.15, -0.1) is 0 Å². The molecule has 81 valence electrons. The molecule has 0 saturated heterocycles. The lowest BCUT2D eigenvalue weighted by atomic mass is 9.97.